The molecule has 0 aromatic heterocycles. The fourth-order valence-electron chi connectivity index (χ4n) is 1.41. The van der Waals surface area contributed by atoms with Crippen LogP contribution in [0.3, 0.4) is 0 Å². The third kappa shape index (κ3) is 3.05. The van der Waals surface area contributed by atoms with E-state index in [1.807, 2.05) is 0 Å². The number of halogens is 1. The fourth-order valence-corrected chi connectivity index (χ4v) is 1.41. The van der Waals surface area contributed by atoms with Gasteiger partial charge in [0.05, 0.1) is 4.92 Å². The molecule has 7 heteroatoms. The SMILES string of the molecule is Cc1cc(F)c([N+](=O)[O-])cc1/C(N)=C/C=C\NN. The van der Waals surface area contributed by atoms with E-state index < -0.39 is 16.4 Å². The number of aryl methyl sites for hydroxylation is 1. The molecule has 0 spiro atoms. The van der Waals surface area contributed by atoms with Crippen LogP contribution in [-0.2, 0) is 0 Å². The number of nitrogens with one attached hydrogen (secondary N) is 1. The topological polar surface area (TPSA) is 107 Å². The van der Waals surface area contributed by atoms with Gasteiger partial charge >= 0.3 is 5.69 Å². The molecule has 96 valence electrons. The molecule has 0 saturated carbocycles. The molecule has 0 heterocycles. The van der Waals surface area contributed by atoms with Gasteiger partial charge in [0.1, 0.15) is 0 Å². The van der Waals surface area contributed by atoms with Crippen molar-refractivity contribution in [1.29, 1.82) is 0 Å². The Kier molecular flexibility index (Phi) is 4.39. The van der Waals surface area contributed by atoms with Crippen LogP contribution >= 0.6 is 0 Å². The van der Waals surface area contributed by atoms with Crippen LogP contribution in [0.4, 0.5) is 10.1 Å². The summed E-state index contributed by atoms with van der Waals surface area (Å²) in [6, 6.07) is 2.19. The van der Waals surface area contributed by atoms with Crippen molar-refractivity contribution in [3.05, 3.63) is 57.5 Å². The first-order chi connectivity index (χ1) is 8.47. The molecule has 1 rings (SSSR count). The van der Waals surface area contributed by atoms with Crippen molar-refractivity contribution in [2.75, 3.05) is 0 Å². The van der Waals surface area contributed by atoms with Crippen LogP contribution in [0.2, 0.25) is 0 Å². The van der Waals surface area contributed by atoms with Crippen LogP contribution in [0.25, 0.3) is 5.70 Å². The zero-order chi connectivity index (χ0) is 13.7. The van der Waals surface area contributed by atoms with Gasteiger partial charge in [-0.15, -0.1) is 0 Å². The molecule has 0 fully saturated rings. The summed E-state index contributed by atoms with van der Waals surface area (Å²) in [5.74, 6) is 4.14. The van der Waals surface area contributed by atoms with Crippen LogP contribution in [-0.4, -0.2) is 4.92 Å². The molecule has 1 aromatic rings. The van der Waals surface area contributed by atoms with Gasteiger partial charge in [0, 0.05) is 23.5 Å². The molecular formula is C11H13FN4O2. The van der Waals surface area contributed by atoms with Gasteiger partial charge in [-0.2, -0.15) is 4.39 Å². The molecule has 0 atom stereocenters. The van der Waals surface area contributed by atoms with Gasteiger partial charge in [0.25, 0.3) is 0 Å². The third-order valence-corrected chi connectivity index (χ3v) is 2.27. The Hall–Kier alpha value is -2.41. The standard InChI is InChI=1S/C11H13FN4O2/c1-7-5-9(12)11(16(17)18)6-8(7)10(13)3-2-4-15-14/h2-6,15H,13-14H2,1H3/b4-2-,10-3-. The average Bonchev–Trinajstić information content (AvgIpc) is 2.28. The van der Waals surface area contributed by atoms with Crippen molar-refractivity contribution in [1.82, 2.24) is 5.43 Å². The molecule has 0 saturated heterocycles. The van der Waals surface area contributed by atoms with Crippen LogP contribution in [0.15, 0.2) is 30.5 Å². The Morgan fingerprint density at radius 1 is 1.56 bits per heavy atom. The monoisotopic (exact) mass is 252 g/mol. The van der Waals surface area contributed by atoms with Crippen LogP contribution in [0, 0.1) is 22.9 Å². The highest BCUT2D eigenvalue weighted by Gasteiger charge is 2.17. The molecule has 6 nitrogen and oxygen atoms in total. The second-order valence-corrected chi connectivity index (χ2v) is 3.52. The van der Waals surface area contributed by atoms with Gasteiger partial charge in [-0.05, 0) is 30.7 Å². The molecule has 0 aliphatic rings. The summed E-state index contributed by atoms with van der Waals surface area (Å²) >= 11 is 0. The first-order valence-electron chi connectivity index (χ1n) is 5.00. The maximum Gasteiger partial charge on any atom is 0.305 e. The molecule has 18 heavy (non-hydrogen) atoms. The van der Waals surface area contributed by atoms with Gasteiger partial charge in [0.15, 0.2) is 0 Å². The Balaban J connectivity index is 3.24. The van der Waals surface area contributed by atoms with E-state index in [-0.39, 0.29) is 5.70 Å². The van der Waals surface area contributed by atoms with E-state index in [1.165, 1.54) is 18.4 Å². The maximum absolute atomic E-state index is 13.3. The van der Waals surface area contributed by atoms with E-state index >= 15 is 0 Å². The summed E-state index contributed by atoms with van der Waals surface area (Å²) < 4.78 is 13.3. The lowest BCUT2D eigenvalue weighted by Crippen LogP contribution is -2.12. The lowest BCUT2D eigenvalue weighted by atomic mass is 10.0. The van der Waals surface area contributed by atoms with Gasteiger partial charge in [-0.3, -0.25) is 16.0 Å². The number of nitro benzene ring substituents is 1. The number of hydrogen-bond donors (Lipinski definition) is 3. The Labute approximate surface area is 103 Å². The summed E-state index contributed by atoms with van der Waals surface area (Å²) in [6.45, 7) is 1.62. The van der Waals surface area contributed by atoms with Crippen molar-refractivity contribution in [3.8, 4) is 0 Å². The molecule has 0 aliphatic heterocycles. The molecule has 0 amide bonds. The highest BCUT2D eigenvalue weighted by atomic mass is 19.1. The molecule has 5 N–H and O–H groups in total. The zero-order valence-corrected chi connectivity index (χ0v) is 9.68. The molecular weight excluding hydrogens is 239 g/mol. The van der Waals surface area contributed by atoms with E-state index in [9.17, 15) is 14.5 Å². The number of hydrogen-bond acceptors (Lipinski definition) is 5. The van der Waals surface area contributed by atoms with Crippen molar-refractivity contribution in [2.45, 2.75) is 6.92 Å². The minimum atomic E-state index is -0.881. The fraction of sp³-hybridized carbons (Fsp3) is 0.0909. The summed E-state index contributed by atoms with van der Waals surface area (Å²) in [6.07, 6.45) is 4.47. The van der Waals surface area contributed by atoms with Crippen LogP contribution in [0.1, 0.15) is 11.1 Å². The number of nitrogens with zero attached hydrogens (tertiary/aromatic N) is 1. The minimum Gasteiger partial charge on any atom is -0.398 e. The number of benzene rings is 1. The Morgan fingerprint density at radius 3 is 2.78 bits per heavy atom. The number of nitro groups is 1. The molecule has 0 radical (unpaired) electrons. The van der Waals surface area contributed by atoms with E-state index in [4.69, 9.17) is 11.6 Å². The predicted molar refractivity (Wildman–Crippen MR) is 66.4 cm³/mol. The van der Waals surface area contributed by atoms with Gasteiger partial charge in [-0.25, -0.2) is 0 Å². The van der Waals surface area contributed by atoms with Crippen molar-refractivity contribution in [2.24, 2.45) is 11.6 Å². The van der Waals surface area contributed by atoms with Crippen molar-refractivity contribution in [3.63, 3.8) is 0 Å². The quantitative estimate of drug-likeness (QED) is 0.324. The highest BCUT2D eigenvalue weighted by Crippen LogP contribution is 2.24. The second-order valence-electron chi connectivity index (χ2n) is 3.52. The number of rotatable bonds is 4. The van der Waals surface area contributed by atoms with Crippen LogP contribution < -0.4 is 17.0 Å². The first-order valence-corrected chi connectivity index (χ1v) is 5.00. The second kappa shape index (κ2) is 5.78. The molecule has 0 unspecified atom stereocenters. The van der Waals surface area contributed by atoms with Gasteiger partial charge < -0.3 is 11.2 Å². The summed E-state index contributed by atoms with van der Waals surface area (Å²) in [7, 11) is 0. The van der Waals surface area contributed by atoms with Crippen molar-refractivity contribution < 1.29 is 9.31 Å². The van der Waals surface area contributed by atoms with E-state index in [2.05, 4.69) is 5.43 Å². The van der Waals surface area contributed by atoms with E-state index in [0.717, 1.165) is 12.1 Å². The molecule has 0 bridgehead atoms. The lowest BCUT2D eigenvalue weighted by molar-refractivity contribution is -0.387. The zero-order valence-electron chi connectivity index (χ0n) is 9.68. The number of nitrogens with two attached hydrogens (primary N) is 2. The third-order valence-electron chi connectivity index (χ3n) is 2.27. The average molecular weight is 252 g/mol. The lowest BCUT2D eigenvalue weighted by Gasteiger charge is -2.06. The molecule has 0 aliphatic carbocycles. The molecule has 1 aromatic carbocycles. The predicted octanol–water partition coefficient (Wildman–Crippen LogP) is 1.32. The number of allylic oxidation sites excluding steroid dienone is 2. The minimum absolute atomic E-state index is 0.280. The highest BCUT2D eigenvalue weighted by molar-refractivity contribution is 5.69. The summed E-state index contributed by atoms with van der Waals surface area (Å²) in [5, 5.41) is 10.6. The van der Waals surface area contributed by atoms with E-state index in [1.54, 1.807) is 6.92 Å². The Morgan fingerprint density at radius 2 is 2.22 bits per heavy atom. The number of hydrazine groups is 1. The van der Waals surface area contributed by atoms with Gasteiger partial charge in [-0.1, -0.05) is 0 Å². The van der Waals surface area contributed by atoms with Gasteiger partial charge in [0.2, 0.25) is 5.82 Å². The van der Waals surface area contributed by atoms with Crippen molar-refractivity contribution >= 4 is 11.4 Å². The smallest absolute Gasteiger partial charge is 0.305 e. The Bertz CT molecular complexity index is 526. The first kappa shape index (κ1) is 13.7. The largest absolute Gasteiger partial charge is 0.398 e. The maximum atomic E-state index is 13.3. The van der Waals surface area contributed by atoms with E-state index in [0.29, 0.717) is 11.1 Å². The summed E-state index contributed by atoms with van der Waals surface area (Å²) in [5.41, 5.74) is 8.63. The summed E-state index contributed by atoms with van der Waals surface area (Å²) in [4.78, 5) is 9.84. The van der Waals surface area contributed by atoms with Crippen LogP contribution in [0.5, 0.6) is 0 Å². The normalized spacial score (nSPS) is 11.8.